The molecule has 1 heterocycles. The Bertz CT molecular complexity index is 635. The third-order valence-electron chi connectivity index (χ3n) is 3.46. The highest BCUT2D eigenvalue weighted by atomic mass is 35.5. The highest BCUT2D eigenvalue weighted by Gasteiger charge is 2.25. The van der Waals surface area contributed by atoms with Gasteiger partial charge in [-0.3, -0.25) is 14.5 Å². The van der Waals surface area contributed by atoms with Crippen molar-refractivity contribution in [2.75, 3.05) is 31.1 Å². The van der Waals surface area contributed by atoms with E-state index in [0.29, 0.717) is 31.7 Å². The monoisotopic (exact) mass is 339 g/mol. The fourth-order valence-electron chi connectivity index (χ4n) is 2.42. The van der Waals surface area contributed by atoms with Gasteiger partial charge in [-0.05, 0) is 24.6 Å². The molecule has 0 aliphatic carbocycles. The van der Waals surface area contributed by atoms with Crippen molar-refractivity contribution in [2.45, 2.75) is 13.3 Å². The molecule has 0 spiro atoms. The minimum atomic E-state index is -1.09. The van der Waals surface area contributed by atoms with Crippen molar-refractivity contribution in [3.63, 3.8) is 0 Å². The maximum atomic E-state index is 12.6. The number of carbonyl (C=O) groups is 3. The molecular formula is C15H18ClN3O4. The normalized spacial score (nSPS) is 13.8. The molecule has 124 valence electrons. The number of nitrogens with zero attached hydrogens (tertiary/aromatic N) is 2. The van der Waals surface area contributed by atoms with Gasteiger partial charge in [0, 0.05) is 25.3 Å². The maximum Gasteiger partial charge on any atom is 0.323 e. The van der Waals surface area contributed by atoms with Crippen molar-refractivity contribution < 1.29 is 19.5 Å². The molecular weight excluding hydrogens is 322 g/mol. The van der Waals surface area contributed by atoms with E-state index in [0.717, 1.165) is 0 Å². The Hall–Kier alpha value is -2.28. The number of hydrogen-bond acceptors (Lipinski definition) is 3. The van der Waals surface area contributed by atoms with E-state index in [9.17, 15) is 14.4 Å². The lowest BCUT2D eigenvalue weighted by atomic mass is 10.1. The molecule has 0 bridgehead atoms. The summed E-state index contributed by atoms with van der Waals surface area (Å²) < 4.78 is 0. The standard InChI is InChI=1S/C15H18ClN3O4/c1-2-6-18(9-13(20)21)14(22)11-8-10(3-4-12(11)16)19-7-5-17-15(19)23/h3-4,8H,2,5-7,9H2,1H3,(H,17,23)(H,20,21). The Morgan fingerprint density at radius 1 is 1.43 bits per heavy atom. The van der Waals surface area contributed by atoms with Gasteiger partial charge in [-0.2, -0.15) is 0 Å². The van der Waals surface area contributed by atoms with Crippen LogP contribution in [0.3, 0.4) is 0 Å². The van der Waals surface area contributed by atoms with Crippen molar-refractivity contribution in [2.24, 2.45) is 0 Å². The highest BCUT2D eigenvalue weighted by Crippen LogP contribution is 2.25. The number of carboxylic acid groups (broad SMARTS) is 1. The molecule has 8 heteroatoms. The van der Waals surface area contributed by atoms with Gasteiger partial charge >= 0.3 is 12.0 Å². The molecule has 1 aromatic rings. The maximum absolute atomic E-state index is 12.6. The summed E-state index contributed by atoms with van der Waals surface area (Å²) >= 11 is 6.10. The molecule has 7 nitrogen and oxygen atoms in total. The van der Waals surface area contributed by atoms with Crippen LogP contribution in [-0.2, 0) is 4.79 Å². The summed E-state index contributed by atoms with van der Waals surface area (Å²) in [7, 11) is 0. The topological polar surface area (TPSA) is 90.0 Å². The molecule has 2 N–H and O–H groups in total. The lowest BCUT2D eigenvalue weighted by molar-refractivity contribution is -0.137. The van der Waals surface area contributed by atoms with E-state index in [-0.39, 0.29) is 16.6 Å². The van der Waals surface area contributed by atoms with E-state index < -0.39 is 18.4 Å². The number of urea groups is 1. The SMILES string of the molecule is CCCN(CC(=O)O)C(=O)c1cc(N2CCNC2=O)ccc1Cl. The summed E-state index contributed by atoms with van der Waals surface area (Å²) in [6.07, 6.45) is 0.630. The van der Waals surface area contributed by atoms with Gasteiger partial charge < -0.3 is 15.3 Å². The third-order valence-corrected chi connectivity index (χ3v) is 3.79. The summed E-state index contributed by atoms with van der Waals surface area (Å²) in [5, 5.41) is 11.9. The lowest BCUT2D eigenvalue weighted by Gasteiger charge is -2.22. The van der Waals surface area contributed by atoms with Crippen molar-refractivity contribution in [1.29, 1.82) is 0 Å². The Balaban J connectivity index is 2.31. The number of carbonyl (C=O) groups excluding carboxylic acids is 2. The zero-order chi connectivity index (χ0) is 17.0. The van der Waals surface area contributed by atoms with Crippen LogP contribution in [0.25, 0.3) is 0 Å². The van der Waals surface area contributed by atoms with E-state index in [1.807, 2.05) is 6.92 Å². The quantitative estimate of drug-likeness (QED) is 0.827. The minimum absolute atomic E-state index is 0.193. The number of aliphatic carboxylic acids is 1. The molecule has 1 aromatic carbocycles. The molecule has 0 aromatic heterocycles. The molecule has 1 aliphatic rings. The molecule has 1 aliphatic heterocycles. The molecule has 0 radical (unpaired) electrons. The van der Waals surface area contributed by atoms with Crippen LogP contribution in [0.4, 0.5) is 10.5 Å². The summed E-state index contributed by atoms with van der Waals surface area (Å²) in [4.78, 5) is 38.0. The molecule has 0 saturated carbocycles. The Kier molecular flexibility index (Phi) is 5.44. The number of anilines is 1. The first-order valence-electron chi connectivity index (χ1n) is 7.30. The van der Waals surface area contributed by atoms with Crippen LogP contribution in [0.5, 0.6) is 0 Å². The largest absolute Gasteiger partial charge is 0.480 e. The van der Waals surface area contributed by atoms with Crippen LogP contribution in [0.2, 0.25) is 5.02 Å². The van der Waals surface area contributed by atoms with Crippen LogP contribution >= 0.6 is 11.6 Å². The van der Waals surface area contributed by atoms with Crippen molar-refractivity contribution in [3.05, 3.63) is 28.8 Å². The van der Waals surface area contributed by atoms with Gasteiger partial charge in [0.2, 0.25) is 0 Å². The number of benzene rings is 1. The van der Waals surface area contributed by atoms with Crippen LogP contribution in [0.1, 0.15) is 23.7 Å². The second-order valence-electron chi connectivity index (χ2n) is 5.17. The Morgan fingerprint density at radius 3 is 2.74 bits per heavy atom. The van der Waals surface area contributed by atoms with Crippen molar-refractivity contribution in [3.8, 4) is 0 Å². The zero-order valence-corrected chi connectivity index (χ0v) is 13.5. The van der Waals surface area contributed by atoms with E-state index in [1.54, 1.807) is 12.1 Å². The van der Waals surface area contributed by atoms with Gasteiger partial charge in [0.15, 0.2) is 0 Å². The number of carboxylic acids is 1. The van der Waals surface area contributed by atoms with Crippen LogP contribution in [0, 0.1) is 0 Å². The van der Waals surface area contributed by atoms with E-state index >= 15 is 0 Å². The van der Waals surface area contributed by atoms with Gasteiger partial charge in [0.05, 0.1) is 10.6 Å². The smallest absolute Gasteiger partial charge is 0.323 e. The molecule has 0 unspecified atom stereocenters. The average molecular weight is 340 g/mol. The third kappa shape index (κ3) is 3.92. The van der Waals surface area contributed by atoms with Crippen LogP contribution in [0.15, 0.2) is 18.2 Å². The molecule has 1 fully saturated rings. The van der Waals surface area contributed by atoms with Gasteiger partial charge in [-0.15, -0.1) is 0 Å². The predicted octanol–water partition coefficient (Wildman–Crippen LogP) is 1.81. The molecule has 1 saturated heterocycles. The number of halogens is 1. The summed E-state index contributed by atoms with van der Waals surface area (Å²) in [6, 6.07) is 4.49. The van der Waals surface area contributed by atoms with Crippen molar-refractivity contribution in [1.82, 2.24) is 10.2 Å². The average Bonchev–Trinajstić information content (AvgIpc) is 2.92. The Morgan fingerprint density at radius 2 is 2.17 bits per heavy atom. The number of rotatable bonds is 6. The van der Waals surface area contributed by atoms with E-state index in [1.165, 1.54) is 15.9 Å². The van der Waals surface area contributed by atoms with Crippen LogP contribution in [-0.4, -0.2) is 54.1 Å². The predicted molar refractivity (Wildman–Crippen MR) is 86.0 cm³/mol. The molecule has 0 atom stereocenters. The first-order valence-corrected chi connectivity index (χ1v) is 7.67. The van der Waals surface area contributed by atoms with Crippen LogP contribution < -0.4 is 10.2 Å². The summed E-state index contributed by atoms with van der Waals surface area (Å²) in [6.45, 7) is 2.82. The number of hydrogen-bond donors (Lipinski definition) is 2. The van der Waals surface area contributed by atoms with Gasteiger partial charge in [-0.1, -0.05) is 18.5 Å². The molecule has 3 amide bonds. The molecule has 23 heavy (non-hydrogen) atoms. The number of amides is 3. The van der Waals surface area contributed by atoms with Gasteiger partial charge in [0.1, 0.15) is 6.54 Å². The van der Waals surface area contributed by atoms with E-state index in [2.05, 4.69) is 5.32 Å². The number of nitrogens with one attached hydrogen (secondary N) is 1. The zero-order valence-electron chi connectivity index (χ0n) is 12.7. The van der Waals surface area contributed by atoms with E-state index in [4.69, 9.17) is 16.7 Å². The van der Waals surface area contributed by atoms with Crippen molar-refractivity contribution >= 4 is 35.2 Å². The summed E-state index contributed by atoms with van der Waals surface area (Å²) in [5.41, 5.74) is 0.748. The lowest BCUT2D eigenvalue weighted by Crippen LogP contribution is -2.36. The second-order valence-corrected chi connectivity index (χ2v) is 5.58. The minimum Gasteiger partial charge on any atom is -0.480 e. The van der Waals surface area contributed by atoms with Gasteiger partial charge in [-0.25, -0.2) is 4.79 Å². The Labute approximate surface area is 138 Å². The first kappa shape index (κ1) is 17.1. The second kappa shape index (κ2) is 7.32. The highest BCUT2D eigenvalue weighted by molar-refractivity contribution is 6.34. The van der Waals surface area contributed by atoms with Gasteiger partial charge in [0.25, 0.3) is 5.91 Å². The fourth-order valence-corrected chi connectivity index (χ4v) is 2.62. The fraction of sp³-hybridized carbons (Fsp3) is 0.400. The summed E-state index contributed by atoms with van der Waals surface area (Å²) in [5.74, 6) is -1.54. The molecule has 2 rings (SSSR count). The first-order chi connectivity index (χ1) is 10.9.